The molecule has 2 N–H and O–H groups in total. The Labute approximate surface area is 144 Å². The molecular formula is C21H28O3. The lowest BCUT2D eigenvalue weighted by Gasteiger charge is -2.58. The van der Waals surface area contributed by atoms with Gasteiger partial charge in [0.1, 0.15) is 5.60 Å². The number of fused-ring (bicyclic) bond motifs is 5. The molecule has 0 spiro atoms. The molecule has 3 heteroatoms. The minimum absolute atomic E-state index is 0.0750. The third-order valence-corrected chi connectivity index (χ3v) is 7.93. The fourth-order valence-electron chi connectivity index (χ4n) is 6.94. The largest absolute Gasteiger partial charge is 0.393 e. The first-order valence-electron chi connectivity index (χ1n) is 9.33. The molecule has 0 heterocycles. The predicted octanol–water partition coefficient (Wildman–Crippen LogP) is 2.85. The van der Waals surface area contributed by atoms with Gasteiger partial charge >= 0.3 is 0 Å². The smallest absolute Gasteiger partial charge is 0.155 e. The molecule has 24 heavy (non-hydrogen) atoms. The normalized spacial score (nSPS) is 53.5. The third kappa shape index (κ3) is 2.09. The summed E-state index contributed by atoms with van der Waals surface area (Å²) in [6.45, 7) is 4.45. The maximum Gasteiger partial charge on any atom is 0.155 e. The second-order valence-electron chi connectivity index (χ2n) is 9.37. The van der Waals surface area contributed by atoms with Crippen LogP contribution < -0.4 is 0 Å². The van der Waals surface area contributed by atoms with Crippen molar-refractivity contribution in [3.8, 4) is 12.3 Å². The maximum absolute atomic E-state index is 11.9. The molecule has 3 saturated carbocycles. The standard InChI is InChI=1S/C21H28O3/c1-4-21(24)10-16-15-6-5-13-9-14(22)7-8-20(13,3)18(15)17(23)11-19(16,2)12-21/h1,9,15-18,23-24H,5-8,10-12H2,2-3H3. The molecule has 0 aromatic rings. The van der Waals surface area contributed by atoms with Gasteiger partial charge in [-0.2, -0.15) is 0 Å². The van der Waals surface area contributed by atoms with Crippen LogP contribution >= 0.6 is 0 Å². The Morgan fingerprint density at radius 3 is 2.75 bits per heavy atom. The Balaban J connectivity index is 1.74. The Morgan fingerprint density at radius 2 is 2.04 bits per heavy atom. The molecule has 130 valence electrons. The first kappa shape index (κ1) is 16.4. The quantitative estimate of drug-likeness (QED) is 0.672. The number of carbonyl (C=O) groups excluding carboxylic acids is 1. The van der Waals surface area contributed by atoms with Crippen molar-refractivity contribution in [1.29, 1.82) is 0 Å². The summed E-state index contributed by atoms with van der Waals surface area (Å²) in [6.07, 6.45) is 12.4. The zero-order chi connectivity index (χ0) is 17.3. The Hall–Kier alpha value is -1.11. The van der Waals surface area contributed by atoms with Crippen LogP contribution in [0.3, 0.4) is 0 Å². The lowest BCUT2D eigenvalue weighted by atomic mass is 9.46. The van der Waals surface area contributed by atoms with E-state index in [1.165, 1.54) is 5.57 Å². The predicted molar refractivity (Wildman–Crippen MR) is 91.9 cm³/mol. The van der Waals surface area contributed by atoms with E-state index in [2.05, 4.69) is 19.8 Å². The summed E-state index contributed by atoms with van der Waals surface area (Å²) in [5, 5.41) is 21.8. The number of aliphatic hydroxyl groups excluding tert-OH is 1. The van der Waals surface area contributed by atoms with E-state index in [0.717, 1.165) is 19.3 Å². The highest BCUT2D eigenvalue weighted by atomic mass is 16.3. The van der Waals surface area contributed by atoms with E-state index in [0.29, 0.717) is 37.5 Å². The number of hydrogen-bond donors (Lipinski definition) is 2. The molecular weight excluding hydrogens is 300 g/mol. The van der Waals surface area contributed by atoms with Gasteiger partial charge in [0.05, 0.1) is 6.10 Å². The lowest BCUT2D eigenvalue weighted by molar-refractivity contribution is -0.127. The minimum atomic E-state index is -1.02. The zero-order valence-electron chi connectivity index (χ0n) is 14.7. The van der Waals surface area contributed by atoms with Crippen molar-refractivity contribution in [1.82, 2.24) is 0 Å². The highest BCUT2D eigenvalue weighted by molar-refractivity contribution is 5.91. The Morgan fingerprint density at radius 1 is 1.29 bits per heavy atom. The molecule has 0 saturated heterocycles. The van der Waals surface area contributed by atoms with Crippen LogP contribution in [0.5, 0.6) is 0 Å². The van der Waals surface area contributed by atoms with Crippen molar-refractivity contribution >= 4 is 5.78 Å². The lowest BCUT2D eigenvalue weighted by Crippen LogP contribution is -2.55. The zero-order valence-corrected chi connectivity index (χ0v) is 14.7. The van der Waals surface area contributed by atoms with E-state index >= 15 is 0 Å². The van der Waals surface area contributed by atoms with Crippen molar-refractivity contribution in [3.63, 3.8) is 0 Å². The van der Waals surface area contributed by atoms with Crippen molar-refractivity contribution in [2.45, 2.75) is 70.5 Å². The summed E-state index contributed by atoms with van der Waals surface area (Å²) < 4.78 is 0. The van der Waals surface area contributed by atoms with Gasteiger partial charge in [0.2, 0.25) is 0 Å². The van der Waals surface area contributed by atoms with Gasteiger partial charge in [0.25, 0.3) is 0 Å². The average molecular weight is 328 g/mol. The Bertz CT molecular complexity index is 658. The summed E-state index contributed by atoms with van der Waals surface area (Å²) in [6, 6.07) is 0. The second kappa shape index (κ2) is 4.96. The molecule has 3 fully saturated rings. The summed E-state index contributed by atoms with van der Waals surface area (Å²) >= 11 is 0. The van der Waals surface area contributed by atoms with E-state index < -0.39 is 5.60 Å². The van der Waals surface area contributed by atoms with Gasteiger partial charge < -0.3 is 10.2 Å². The SMILES string of the molecule is C#CC1(O)CC2C3CCC4=CC(=O)CCC4(C)C3C(O)CC2(C)C1. The number of terminal acetylenes is 1. The number of hydrogen-bond acceptors (Lipinski definition) is 3. The van der Waals surface area contributed by atoms with Gasteiger partial charge in [-0.1, -0.05) is 25.3 Å². The van der Waals surface area contributed by atoms with Gasteiger partial charge in [-0.15, -0.1) is 6.42 Å². The fourth-order valence-corrected chi connectivity index (χ4v) is 6.94. The molecule has 7 atom stereocenters. The van der Waals surface area contributed by atoms with Crippen LogP contribution in [0.2, 0.25) is 0 Å². The number of rotatable bonds is 0. The van der Waals surface area contributed by atoms with Crippen molar-refractivity contribution in [3.05, 3.63) is 11.6 Å². The van der Waals surface area contributed by atoms with Crippen molar-refractivity contribution in [2.24, 2.45) is 28.6 Å². The number of ketones is 1. The van der Waals surface area contributed by atoms with Crippen molar-refractivity contribution < 1.29 is 15.0 Å². The first-order valence-corrected chi connectivity index (χ1v) is 9.33. The van der Waals surface area contributed by atoms with Crippen LogP contribution in [0.15, 0.2) is 11.6 Å². The van der Waals surface area contributed by atoms with E-state index in [9.17, 15) is 15.0 Å². The van der Waals surface area contributed by atoms with Gasteiger partial charge in [-0.25, -0.2) is 0 Å². The maximum atomic E-state index is 11.9. The number of carbonyl (C=O) groups is 1. The molecule has 4 aliphatic rings. The third-order valence-electron chi connectivity index (χ3n) is 7.93. The van der Waals surface area contributed by atoms with Gasteiger partial charge in [0.15, 0.2) is 5.78 Å². The van der Waals surface area contributed by atoms with E-state index in [1.54, 1.807) is 0 Å². The molecule has 7 unspecified atom stereocenters. The van der Waals surface area contributed by atoms with E-state index in [4.69, 9.17) is 6.42 Å². The molecule has 0 aromatic carbocycles. The topological polar surface area (TPSA) is 57.5 Å². The summed E-state index contributed by atoms with van der Waals surface area (Å²) in [7, 11) is 0. The molecule has 0 radical (unpaired) electrons. The summed E-state index contributed by atoms with van der Waals surface area (Å²) in [5.41, 5.74) is 0.0686. The van der Waals surface area contributed by atoms with Gasteiger partial charge in [0, 0.05) is 6.42 Å². The van der Waals surface area contributed by atoms with Crippen LogP contribution in [0.1, 0.15) is 58.8 Å². The van der Waals surface area contributed by atoms with Crippen LogP contribution in [0, 0.1) is 40.9 Å². The molecule has 0 bridgehead atoms. The van der Waals surface area contributed by atoms with E-state index in [-0.39, 0.29) is 28.6 Å². The molecule has 4 rings (SSSR count). The number of allylic oxidation sites excluding steroid dienone is 1. The highest BCUT2D eigenvalue weighted by Gasteiger charge is 2.63. The average Bonchev–Trinajstić information content (AvgIpc) is 2.79. The highest BCUT2D eigenvalue weighted by Crippen LogP contribution is 2.66. The monoisotopic (exact) mass is 328 g/mol. The molecule has 0 amide bonds. The van der Waals surface area contributed by atoms with Crippen LogP contribution in [-0.2, 0) is 4.79 Å². The van der Waals surface area contributed by atoms with Crippen LogP contribution in [0.25, 0.3) is 0 Å². The summed E-state index contributed by atoms with van der Waals surface area (Å²) in [4.78, 5) is 11.9. The van der Waals surface area contributed by atoms with E-state index in [1.807, 2.05) is 6.08 Å². The first-order chi connectivity index (χ1) is 11.2. The Kier molecular flexibility index (Phi) is 3.38. The molecule has 4 aliphatic carbocycles. The van der Waals surface area contributed by atoms with Crippen molar-refractivity contribution in [2.75, 3.05) is 0 Å². The number of aliphatic hydroxyl groups is 2. The summed E-state index contributed by atoms with van der Waals surface area (Å²) in [5.74, 6) is 3.79. The molecule has 0 aliphatic heterocycles. The van der Waals surface area contributed by atoms with Crippen LogP contribution in [-0.4, -0.2) is 27.7 Å². The minimum Gasteiger partial charge on any atom is -0.393 e. The van der Waals surface area contributed by atoms with Crippen LogP contribution in [0.4, 0.5) is 0 Å². The van der Waals surface area contributed by atoms with Gasteiger partial charge in [-0.05, 0) is 73.2 Å². The molecule has 0 aromatic heterocycles. The molecule has 3 nitrogen and oxygen atoms in total. The fraction of sp³-hybridized carbons (Fsp3) is 0.762. The second-order valence-corrected chi connectivity index (χ2v) is 9.37. The van der Waals surface area contributed by atoms with Gasteiger partial charge in [-0.3, -0.25) is 4.79 Å².